The summed E-state index contributed by atoms with van der Waals surface area (Å²) in [6, 6.07) is 0.760. The number of nitrogens with zero attached hydrogens (tertiary/aromatic N) is 2. The van der Waals surface area contributed by atoms with Crippen LogP contribution in [0.15, 0.2) is 6.07 Å². The van der Waals surface area contributed by atoms with Gasteiger partial charge in [0.25, 0.3) is 0 Å². The van der Waals surface area contributed by atoms with Gasteiger partial charge in [-0.2, -0.15) is 0 Å². The summed E-state index contributed by atoms with van der Waals surface area (Å²) in [6.45, 7) is 5.29. The van der Waals surface area contributed by atoms with Crippen LogP contribution < -0.4 is 17.1 Å². The number of rotatable bonds is 0. The summed E-state index contributed by atoms with van der Waals surface area (Å²) in [4.78, 5) is 3.80. The molecule has 0 aliphatic carbocycles. The van der Waals surface area contributed by atoms with Crippen LogP contribution in [-0.2, 0) is 5.41 Å². The summed E-state index contributed by atoms with van der Waals surface area (Å²) in [7, 11) is 0. The summed E-state index contributed by atoms with van der Waals surface area (Å²) in [5, 5.41) is 7.97. The highest BCUT2D eigenvalue weighted by molar-refractivity contribution is 5.83. The third-order valence-corrected chi connectivity index (χ3v) is 2.91. The van der Waals surface area contributed by atoms with Crippen molar-refractivity contribution in [1.82, 2.24) is 9.66 Å². The van der Waals surface area contributed by atoms with E-state index in [1.807, 2.05) is 0 Å². The van der Waals surface area contributed by atoms with E-state index in [0.717, 1.165) is 10.7 Å². The van der Waals surface area contributed by atoms with E-state index in [4.69, 9.17) is 17.0 Å². The van der Waals surface area contributed by atoms with Gasteiger partial charge in [0.15, 0.2) is 11.3 Å². The second-order valence-electron chi connectivity index (χ2n) is 5.38. The molecule has 0 aliphatic rings. The predicted octanol–water partition coefficient (Wildman–Crippen LogP) is 1.39. The fourth-order valence-corrected chi connectivity index (χ4v) is 2.09. The van der Waals surface area contributed by atoms with Crippen molar-refractivity contribution in [1.29, 1.82) is 5.41 Å². The minimum absolute atomic E-state index is 0.0432. The van der Waals surface area contributed by atoms with Crippen molar-refractivity contribution in [2.24, 2.45) is 0 Å². The van der Waals surface area contributed by atoms with Gasteiger partial charge in [-0.25, -0.2) is 18.4 Å². The minimum atomic E-state index is -0.860. The average molecular weight is 267 g/mol. The molecule has 0 saturated carbocycles. The molecule has 102 valence electrons. The molecule has 0 aliphatic heterocycles. The van der Waals surface area contributed by atoms with Crippen LogP contribution in [0.2, 0.25) is 0 Å². The molecule has 2 aromatic rings. The van der Waals surface area contributed by atoms with Crippen molar-refractivity contribution in [2.75, 3.05) is 11.6 Å². The molecule has 1 aromatic carbocycles. The monoisotopic (exact) mass is 267 g/mol. The Bertz CT molecular complexity index is 728. The fourth-order valence-electron chi connectivity index (χ4n) is 2.09. The lowest BCUT2D eigenvalue weighted by atomic mass is 9.84. The first-order valence-electron chi connectivity index (χ1n) is 5.65. The highest BCUT2D eigenvalue weighted by Gasteiger charge is 2.26. The van der Waals surface area contributed by atoms with E-state index in [-0.39, 0.29) is 27.9 Å². The molecule has 0 saturated heterocycles. The number of hydrogen-bond donors (Lipinski definition) is 3. The molecule has 1 aromatic heterocycles. The van der Waals surface area contributed by atoms with Crippen LogP contribution in [0.1, 0.15) is 26.3 Å². The Labute approximate surface area is 108 Å². The third kappa shape index (κ3) is 1.91. The summed E-state index contributed by atoms with van der Waals surface area (Å²) in [6.07, 6.45) is 0. The molecule has 7 heteroatoms. The number of aromatic nitrogens is 2. The maximum Gasteiger partial charge on any atom is 0.221 e. The molecule has 5 nitrogen and oxygen atoms in total. The molecule has 0 radical (unpaired) electrons. The number of anilines is 1. The zero-order valence-electron chi connectivity index (χ0n) is 10.9. The second kappa shape index (κ2) is 3.91. The number of nitrogens with one attached hydrogen (secondary N) is 1. The lowest BCUT2D eigenvalue weighted by molar-refractivity contribution is 0.517. The highest BCUT2D eigenvalue weighted by Crippen LogP contribution is 2.31. The van der Waals surface area contributed by atoms with Crippen molar-refractivity contribution in [3.8, 4) is 0 Å². The van der Waals surface area contributed by atoms with Crippen LogP contribution >= 0.6 is 0 Å². The largest absolute Gasteiger partial charge is 0.368 e. The highest BCUT2D eigenvalue weighted by atomic mass is 19.1. The van der Waals surface area contributed by atoms with Gasteiger partial charge >= 0.3 is 0 Å². The summed E-state index contributed by atoms with van der Waals surface area (Å²) >= 11 is 0. The van der Waals surface area contributed by atoms with E-state index in [9.17, 15) is 8.78 Å². The van der Waals surface area contributed by atoms with Crippen LogP contribution in [0.5, 0.6) is 0 Å². The maximum atomic E-state index is 14.1. The van der Waals surface area contributed by atoms with Gasteiger partial charge in [0.05, 0.1) is 5.39 Å². The summed E-state index contributed by atoms with van der Waals surface area (Å²) < 4.78 is 28.7. The van der Waals surface area contributed by atoms with Gasteiger partial charge in [-0.3, -0.25) is 5.41 Å². The topological polar surface area (TPSA) is 93.7 Å². The third-order valence-electron chi connectivity index (χ3n) is 2.91. The van der Waals surface area contributed by atoms with Gasteiger partial charge in [-0.15, -0.1) is 0 Å². The van der Waals surface area contributed by atoms with E-state index >= 15 is 0 Å². The smallest absolute Gasteiger partial charge is 0.221 e. The number of halogens is 2. The molecule has 0 amide bonds. The van der Waals surface area contributed by atoms with Crippen molar-refractivity contribution >= 4 is 16.9 Å². The zero-order chi connectivity index (χ0) is 14.5. The molecule has 0 fully saturated rings. The zero-order valence-corrected chi connectivity index (χ0v) is 10.9. The molecular weight excluding hydrogens is 252 g/mol. The molecule has 0 spiro atoms. The number of fused-ring (bicyclic) bond motifs is 1. The maximum absolute atomic E-state index is 14.1. The normalized spacial score (nSPS) is 12.1. The Kier molecular flexibility index (Phi) is 2.73. The first-order chi connectivity index (χ1) is 8.64. The Hall–Kier alpha value is -2.18. The predicted molar refractivity (Wildman–Crippen MR) is 68.8 cm³/mol. The van der Waals surface area contributed by atoms with Gasteiger partial charge in [0, 0.05) is 11.6 Å². The average Bonchev–Trinajstić information content (AvgIpc) is 2.26. The summed E-state index contributed by atoms with van der Waals surface area (Å²) in [5.74, 6) is 3.77. The van der Waals surface area contributed by atoms with E-state index in [0.29, 0.717) is 0 Å². The van der Waals surface area contributed by atoms with Crippen LogP contribution in [0, 0.1) is 17.0 Å². The Morgan fingerprint density at radius 3 is 2.37 bits per heavy atom. The number of benzene rings is 1. The fraction of sp³-hybridized carbons (Fsp3) is 0.333. The number of nitrogen functional groups attached to an aromatic ring is 2. The lowest BCUT2D eigenvalue weighted by Crippen LogP contribution is -2.33. The molecule has 5 N–H and O–H groups in total. The Balaban J connectivity index is 3.15. The van der Waals surface area contributed by atoms with Crippen LogP contribution in [0.4, 0.5) is 14.7 Å². The molecular formula is C12H15F2N5. The molecule has 0 atom stereocenters. The van der Waals surface area contributed by atoms with Gasteiger partial charge in [-0.1, -0.05) is 20.8 Å². The first kappa shape index (κ1) is 13.3. The Morgan fingerprint density at radius 1 is 1.26 bits per heavy atom. The van der Waals surface area contributed by atoms with Crippen LogP contribution in [-0.4, -0.2) is 9.66 Å². The first-order valence-corrected chi connectivity index (χ1v) is 5.65. The molecule has 0 bridgehead atoms. The molecule has 1 heterocycles. The van der Waals surface area contributed by atoms with Crippen LogP contribution in [0.3, 0.4) is 0 Å². The quantitative estimate of drug-likeness (QED) is 0.629. The standard InChI is InChI=1S/C12H15F2N5/c1-12(2,3)8-5(13)4-6(14)9-7(8)10(15)19(17)11(16)18-9/h4,15H,17H2,1-3H3,(H2,16,18). The summed E-state index contributed by atoms with van der Waals surface area (Å²) in [5.41, 5.74) is 4.65. The van der Waals surface area contributed by atoms with Crippen LogP contribution in [0.25, 0.3) is 10.9 Å². The minimum Gasteiger partial charge on any atom is -0.368 e. The van der Waals surface area contributed by atoms with Crippen molar-refractivity contribution in [3.63, 3.8) is 0 Å². The lowest BCUT2D eigenvalue weighted by Gasteiger charge is -2.22. The van der Waals surface area contributed by atoms with E-state index in [1.54, 1.807) is 20.8 Å². The Morgan fingerprint density at radius 2 is 1.84 bits per heavy atom. The SMILES string of the molecule is CC(C)(C)c1c(F)cc(F)c2nc(N)n(N)c(=N)c12. The van der Waals surface area contributed by atoms with E-state index in [1.165, 1.54) is 0 Å². The van der Waals surface area contributed by atoms with Crippen molar-refractivity contribution < 1.29 is 8.78 Å². The van der Waals surface area contributed by atoms with Gasteiger partial charge in [0.1, 0.15) is 11.3 Å². The number of nitrogens with two attached hydrogens (primary N) is 2. The van der Waals surface area contributed by atoms with E-state index < -0.39 is 17.0 Å². The van der Waals surface area contributed by atoms with Crippen molar-refractivity contribution in [2.45, 2.75) is 26.2 Å². The molecule has 0 unspecified atom stereocenters. The molecule has 19 heavy (non-hydrogen) atoms. The van der Waals surface area contributed by atoms with Crippen molar-refractivity contribution in [3.05, 3.63) is 28.8 Å². The molecule has 2 rings (SSSR count). The van der Waals surface area contributed by atoms with Gasteiger partial charge in [0.2, 0.25) is 5.95 Å². The van der Waals surface area contributed by atoms with Gasteiger partial charge < -0.3 is 11.6 Å². The van der Waals surface area contributed by atoms with Gasteiger partial charge in [-0.05, 0) is 5.41 Å². The second-order valence-corrected chi connectivity index (χ2v) is 5.38. The van der Waals surface area contributed by atoms with E-state index in [2.05, 4.69) is 4.98 Å². The number of hydrogen-bond acceptors (Lipinski definition) is 4.